The number of benzene rings is 2. The fourth-order valence-electron chi connectivity index (χ4n) is 2.69. The van der Waals surface area contributed by atoms with Gasteiger partial charge in [0.1, 0.15) is 0 Å². The third-order valence-electron chi connectivity index (χ3n) is 3.78. The fourth-order valence-corrected chi connectivity index (χ4v) is 2.69. The molecule has 3 rings (SSSR count). The predicted octanol–water partition coefficient (Wildman–Crippen LogP) is 3.47. The molecule has 3 heteroatoms. The molecule has 0 aromatic heterocycles. The van der Waals surface area contributed by atoms with Gasteiger partial charge in [0.05, 0.1) is 5.56 Å². The molecule has 1 fully saturated rings. The Morgan fingerprint density at radius 1 is 1.05 bits per heavy atom. The summed E-state index contributed by atoms with van der Waals surface area (Å²) in [5.41, 5.74) is 1.87. The van der Waals surface area contributed by atoms with Crippen LogP contribution in [0.5, 0.6) is 0 Å². The Balaban J connectivity index is 1.63. The molecule has 1 heterocycles. The number of carbonyl (C=O) groups excluding carboxylic acids is 1. The summed E-state index contributed by atoms with van der Waals surface area (Å²) in [7, 11) is 0. The summed E-state index contributed by atoms with van der Waals surface area (Å²) in [5, 5.41) is 0. The van der Waals surface area contributed by atoms with Crippen molar-refractivity contribution >= 4 is 5.97 Å². The summed E-state index contributed by atoms with van der Waals surface area (Å²) in [6.45, 7) is 1.80. The summed E-state index contributed by atoms with van der Waals surface area (Å²) in [6, 6.07) is 19.5. The first-order valence-electron chi connectivity index (χ1n) is 7.37. The molecule has 0 saturated carbocycles. The predicted molar refractivity (Wildman–Crippen MR) is 81.7 cm³/mol. The Bertz CT molecular complexity index is 583. The Morgan fingerprint density at radius 2 is 1.71 bits per heavy atom. The number of esters is 1. The molecule has 0 aliphatic carbocycles. The molecule has 1 saturated heterocycles. The number of rotatable bonds is 4. The van der Waals surface area contributed by atoms with E-state index in [1.54, 1.807) is 12.1 Å². The van der Waals surface area contributed by atoms with Crippen LogP contribution in [0.25, 0.3) is 0 Å². The number of carbonyl (C=O) groups is 1. The molecule has 1 atom stereocenters. The van der Waals surface area contributed by atoms with Gasteiger partial charge in [-0.2, -0.15) is 0 Å². The third kappa shape index (κ3) is 3.50. The van der Waals surface area contributed by atoms with Crippen molar-refractivity contribution in [3.63, 3.8) is 0 Å². The summed E-state index contributed by atoms with van der Waals surface area (Å²) >= 11 is 0. The van der Waals surface area contributed by atoms with Crippen molar-refractivity contribution in [2.75, 3.05) is 6.54 Å². The first-order chi connectivity index (χ1) is 10.3. The highest BCUT2D eigenvalue weighted by Crippen LogP contribution is 2.22. The topological polar surface area (TPSA) is 29.5 Å². The molecule has 0 amide bonds. The number of hydrogen-bond acceptors (Lipinski definition) is 3. The van der Waals surface area contributed by atoms with Gasteiger partial charge in [-0.3, -0.25) is 4.90 Å². The van der Waals surface area contributed by atoms with Crippen molar-refractivity contribution in [3.8, 4) is 0 Å². The van der Waals surface area contributed by atoms with Crippen molar-refractivity contribution in [3.05, 3.63) is 71.8 Å². The molecule has 0 N–H and O–H groups in total. The van der Waals surface area contributed by atoms with Gasteiger partial charge < -0.3 is 4.74 Å². The zero-order chi connectivity index (χ0) is 14.5. The Morgan fingerprint density at radius 3 is 2.43 bits per heavy atom. The van der Waals surface area contributed by atoms with Gasteiger partial charge in [-0.05, 0) is 30.5 Å². The smallest absolute Gasteiger partial charge is 0.339 e. The Hall–Kier alpha value is -2.13. The van der Waals surface area contributed by atoms with E-state index in [9.17, 15) is 4.79 Å². The van der Waals surface area contributed by atoms with Crippen LogP contribution in [0.1, 0.15) is 28.8 Å². The van der Waals surface area contributed by atoms with Crippen LogP contribution in [0.15, 0.2) is 60.7 Å². The van der Waals surface area contributed by atoms with Crippen LogP contribution in [0.4, 0.5) is 0 Å². The van der Waals surface area contributed by atoms with E-state index in [0.29, 0.717) is 5.56 Å². The van der Waals surface area contributed by atoms with Gasteiger partial charge in [0.2, 0.25) is 0 Å². The molecule has 3 nitrogen and oxygen atoms in total. The lowest BCUT2D eigenvalue weighted by Crippen LogP contribution is -2.33. The van der Waals surface area contributed by atoms with E-state index in [2.05, 4.69) is 17.0 Å². The Kier molecular flexibility index (Phi) is 4.31. The molecule has 1 aliphatic heterocycles. The molecule has 21 heavy (non-hydrogen) atoms. The number of ether oxygens (including phenoxy) is 1. The largest absolute Gasteiger partial charge is 0.443 e. The minimum absolute atomic E-state index is 0.113. The van der Waals surface area contributed by atoms with E-state index in [4.69, 9.17) is 4.74 Å². The van der Waals surface area contributed by atoms with Gasteiger partial charge in [0.25, 0.3) is 0 Å². The second-order valence-electron chi connectivity index (χ2n) is 5.32. The van der Waals surface area contributed by atoms with Crippen LogP contribution in [0.2, 0.25) is 0 Å². The fraction of sp³-hybridized carbons (Fsp3) is 0.278. The van der Waals surface area contributed by atoms with Crippen LogP contribution in [0.3, 0.4) is 0 Å². The molecule has 0 spiro atoms. The van der Waals surface area contributed by atoms with E-state index in [-0.39, 0.29) is 12.2 Å². The number of hydrogen-bond donors (Lipinski definition) is 0. The first-order valence-corrected chi connectivity index (χ1v) is 7.37. The highest BCUT2D eigenvalue weighted by Gasteiger charge is 2.28. The standard InChI is InChI=1S/C18H19NO2/c20-18(16-10-5-2-6-11-16)21-17-12-7-13-19(17)14-15-8-3-1-4-9-15/h1-6,8-11,17H,7,12-14H2. The average Bonchev–Trinajstić information content (AvgIpc) is 2.96. The molecular formula is C18H19NO2. The molecule has 108 valence electrons. The van der Waals surface area contributed by atoms with Crippen molar-refractivity contribution in [1.82, 2.24) is 4.90 Å². The number of nitrogens with zero attached hydrogens (tertiary/aromatic N) is 1. The van der Waals surface area contributed by atoms with E-state index < -0.39 is 0 Å². The van der Waals surface area contributed by atoms with Crippen molar-refractivity contribution in [2.45, 2.75) is 25.6 Å². The molecule has 2 aromatic carbocycles. The maximum absolute atomic E-state index is 12.1. The molecule has 1 aliphatic rings. The summed E-state index contributed by atoms with van der Waals surface area (Å²) < 4.78 is 5.67. The van der Waals surface area contributed by atoms with E-state index in [1.807, 2.05) is 36.4 Å². The first kappa shape index (κ1) is 13.8. The highest BCUT2D eigenvalue weighted by molar-refractivity contribution is 5.89. The molecule has 2 aromatic rings. The second-order valence-corrected chi connectivity index (χ2v) is 5.32. The quantitative estimate of drug-likeness (QED) is 0.804. The second kappa shape index (κ2) is 6.55. The van der Waals surface area contributed by atoms with E-state index >= 15 is 0 Å². The molecule has 0 bridgehead atoms. The highest BCUT2D eigenvalue weighted by atomic mass is 16.6. The van der Waals surface area contributed by atoms with Gasteiger partial charge in [0, 0.05) is 13.1 Å². The van der Waals surface area contributed by atoms with Crippen LogP contribution >= 0.6 is 0 Å². The molecule has 1 unspecified atom stereocenters. The Labute approximate surface area is 125 Å². The van der Waals surface area contributed by atoms with Crippen LogP contribution in [-0.2, 0) is 11.3 Å². The third-order valence-corrected chi connectivity index (χ3v) is 3.78. The number of likely N-dealkylation sites (tertiary alicyclic amines) is 1. The van der Waals surface area contributed by atoms with Crippen molar-refractivity contribution < 1.29 is 9.53 Å². The normalized spacial score (nSPS) is 18.6. The lowest BCUT2D eigenvalue weighted by Gasteiger charge is -2.24. The monoisotopic (exact) mass is 281 g/mol. The maximum Gasteiger partial charge on any atom is 0.339 e. The summed E-state index contributed by atoms with van der Waals surface area (Å²) in [5.74, 6) is -0.236. The van der Waals surface area contributed by atoms with Gasteiger partial charge >= 0.3 is 5.97 Å². The van der Waals surface area contributed by atoms with Gasteiger partial charge in [-0.15, -0.1) is 0 Å². The lowest BCUT2D eigenvalue weighted by atomic mass is 10.2. The zero-order valence-corrected chi connectivity index (χ0v) is 11.9. The zero-order valence-electron chi connectivity index (χ0n) is 11.9. The minimum atomic E-state index is -0.236. The van der Waals surface area contributed by atoms with Crippen molar-refractivity contribution in [2.24, 2.45) is 0 Å². The average molecular weight is 281 g/mol. The van der Waals surface area contributed by atoms with Crippen LogP contribution in [-0.4, -0.2) is 23.6 Å². The van der Waals surface area contributed by atoms with Crippen LogP contribution in [0, 0.1) is 0 Å². The van der Waals surface area contributed by atoms with E-state index in [0.717, 1.165) is 25.9 Å². The van der Waals surface area contributed by atoms with E-state index in [1.165, 1.54) is 5.56 Å². The molecule has 0 radical (unpaired) electrons. The summed E-state index contributed by atoms with van der Waals surface area (Å²) in [6.07, 6.45) is 1.86. The molecular weight excluding hydrogens is 262 g/mol. The van der Waals surface area contributed by atoms with Gasteiger partial charge in [-0.1, -0.05) is 48.5 Å². The van der Waals surface area contributed by atoms with Gasteiger partial charge in [0.15, 0.2) is 6.23 Å². The van der Waals surface area contributed by atoms with Crippen molar-refractivity contribution in [1.29, 1.82) is 0 Å². The summed E-state index contributed by atoms with van der Waals surface area (Å²) in [4.78, 5) is 14.4. The maximum atomic E-state index is 12.1. The van der Waals surface area contributed by atoms with Crippen LogP contribution < -0.4 is 0 Å². The lowest BCUT2D eigenvalue weighted by molar-refractivity contribution is -0.0169. The van der Waals surface area contributed by atoms with Gasteiger partial charge in [-0.25, -0.2) is 4.79 Å². The minimum Gasteiger partial charge on any atom is -0.443 e. The SMILES string of the molecule is O=C(OC1CCCN1Cc1ccccc1)c1ccccc1.